The second-order valence-corrected chi connectivity index (χ2v) is 5.60. The zero-order valence-corrected chi connectivity index (χ0v) is 13.2. The highest BCUT2D eigenvalue weighted by atomic mass is 19.4. The first kappa shape index (κ1) is 17.7. The Bertz CT molecular complexity index is 699. The minimum Gasteiger partial charge on any atom is -0.354 e. The lowest BCUT2D eigenvalue weighted by molar-refractivity contribution is -0.137. The summed E-state index contributed by atoms with van der Waals surface area (Å²) >= 11 is 0. The molecule has 2 aromatic rings. The number of nitrogens with one attached hydrogen (secondary N) is 2. The SMILES string of the molecule is CC(C)CNc1ncc(C(=O)Nc2cccc(C(F)(F)F)c2)cn1. The van der Waals surface area contributed by atoms with Gasteiger partial charge in [-0.1, -0.05) is 19.9 Å². The van der Waals surface area contributed by atoms with Gasteiger partial charge in [-0.15, -0.1) is 0 Å². The van der Waals surface area contributed by atoms with Gasteiger partial charge in [0.15, 0.2) is 0 Å². The summed E-state index contributed by atoms with van der Waals surface area (Å²) in [7, 11) is 0. The van der Waals surface area contributed by atoms with Crippen molar-refractivity contribution >= 4 is 17.5 Å². The molecule has 1 heterocycles. The van der Waals surface area contributed by atoms with E-state index in [1.165, 1.54) is 24.5 Å². The van der Waals surface area contributed by atoms with E-state index in [0.29, 0.717) is 18.4 Å². The Balaban J connectivity index is 2.05. The molecule has 0 unspecified atom stereocenters. The Morgan fingerprint density at radius 2 is 1.88 bits per heavy atom. The monoisotopic (exact) mass is 338 g/mol. The second kappa shape index (κ2) is 7.29. The fourth-order valence-electron chi connectivity index (χ4n) is 1.81. The lowest BCUT2D eigenvalue weighted by Crippen LogP contribution is -2.15. The summed E-state index contributed by atoms with van der Waals surface area (Å²) in [4.78, 5) is 20.1. The molecule has 0 aliphatic rings. The van der Waals surface area contributed by atoms with Crippen molar-refractivity contribution < 1.29 is 18.0 Å². The fraction of sp³-hybridized carbons (Fsp3) is 0.312. The lowest BCUT2D eigenvalue weighted by Gasteiger charge is -2.10. The maximum atomic E-state index is 12.7. The van der Waals surface area contributed by atoms with Gasteiger partial charge in [0, 0.05) is 24.6 Å². The molecule has 0 radical (unpaired) electrons. The molecular weight excluding hydrogens is 321 g/mol. The van der Waals surface area contributed by atoms with Gasteiger partial charge in [0.2, 0.25) is 5.95 Å². The van der Waals surface area contributed by atoms with E-state index in [4.69, 9.17) is 0 Å². The highest BCUT2D eigenvalue weighted by molar-refractivity contribution is 6.03. The number of nitrogens with zero attached hydrogens (tertiary/aromatic N) is 2. The molecule has 24 heavy (non-hydrogen) atoms. The van der Waals surface area contributed by atoms with Crippen molar-refractivity contribution in [2.45, 2.75) is 20.0 Å². The number of anilines is 2. The first-order valence-corrected chi connectivity index (χ1v) is 7.30. The maximum Gasteiger partial charge on any atom is 0.416 e. The first-order valence-electron chi connectivity index (χ1n) is 7.30. The van der Waals surface area contributed by atoms with Crippen LogP contribution < -0.4 is 10.6 Å². The van der Waals surface area contributed by atoms with Gasteiger partial charge in [0.05, 0.1) is 11.1 Å². The van der Waals surface area contributed by atoms with Crippen LogP contribution in [-0.4, -0.2) is 22.4 Å². The van der Waals surface area contributed by atoms with Crippen molar-refractivity contribution in [2.75, 3.05) is 17.2 Å². The van der Waals surface area contributed by atoms with E-state index in [1.807, 2.05) is 13.8 Å². The lowest BCUT2D eigenvalue weighted by atomic mass is 10.2. The average Bonchev–Trinajstić information content (AvgIpc) is 2.53. The predicted octanol–water partition coefficient (Wildman–Crippen LogP) is 3.82. The third-order valence-electron chi connectivity index (χ3n) is 3.03. The fourth-order valence-corrected chi connectivity index (χ4v) is 1.81. The third kappa shape index (κ3) is 4.94. The summed E-state index contributed by atoms with van der Waals surface area (Å²) in [5, 5.41) is 5.41. The summed E-state index contributed by atoms with van der Waals surface area (Å²) in [6.07, 6.45) is -1.83. The van der Waals surface area contributed by atoms with Gasteiger partial charge in [-0.3, -0.25) is 4.79 Å². The molecule has 0 aliphatic heterocycles. The number of halogens is 3. The molecule has 8 heteroatoms. The molecular formula is C16H17F3N4O. The number of aromatic nitrogens is 2. The van der Waals surface area contributed by atoms with Crippen LogP contribution in [0.25, 0.3) is 0 Å². The minimum absolute atomic E-state index is 0.0526. The molecule has 0 fully saturated rings. The van der Waals surface area contributed by atoms with E-state index in [0.717, 1.165) is 12.1 Å². The molecule has 0 atom stereocenters. The van der Waals surface area contributed by atoms with Crippen LogP contribution in [0.3, 0.4) is 0 Å². The van der Waals surface area contributed by atoms with Crippen molar-refractivity contribution in [3.05, 3.63) is 47.8 Å². The van der Waals surface area contributed by atoms with E-state index in [1.54, 1.807) is 0 Å². The Labute approximate surface area is 137 Å². The standard InChI is InChI=1S/C16H17F3N4O/c1-10(2)7-20-15-21-8-11(9-22-15)14(24)23-13-5-3-4-12(6-13)16(17,18)19/h3-6,8-10H,7H2,1-2H3,(H,23,24)(H,20,21,22). The van der Waals surface area contributed by atoms with Crippen molar-refractivity contribution in [3.63, 3.8) is 0 Å². The van der Waals surface area contributed by atoms with Gasteiger partial charge in [-0.05, 0) is 24.1 Å². The molecule has 0 aliphatic carbocycles. The highest BCUT2D eigenvalue weighted by Crippen LogP contribution is 2.30. The number of alkyl halides is 3. The van der Waals surface area contributed by atoms with E-state index in [-0.39, 0.29) is 11.3 Å². The van der Waals surface area contributed by atoms with Crippen molar-refractivity contribution in [2.24, 2.45) is 5.92 Å². The van der Waals surface area contributed by atoms with E-state index in [2.05, 4.69) is 20.6 Å². The zero-order valence-electron chi connectivity index (χ0n) is 13.2. The number of benzene rings is 1. The van der Waals surface area contributed by atoms with Crippen LogP contribution >= 0.6 is 0 Å². The Morgan fingerprint density at radius 3 is 2.46 bits per heavy atom. The van der Waals surface area contributed by atoms with Gasteiger partial charge in [0.1, 0.15) is 0 Å². The van der Waals surface area contributed by atoms with E-state index in [9.17, 15) is 18.0 Å². The molecule has 2 rings (SSSR count). The van der Waals surface area contributed by atoms with Crippen LogP contribution in [0.5, 0.6) is 0 Å². The summed E-state index contributed by atoms with van der Waals surface area (Å²) in [5.74, 6) is 0.224. The average molecular weight is 338 g/mol. The van der Waals surface area contributed by atoms with Gasteiger partial charge >= 0.3 is 6.18 Å². The van der Waals surface area contributed by atoms with E-state index < -0.39 is 17.6 Å². The van der Waals surface area contributed by atoms with Crippen LogP contribution in [0.15, 0.2) is 36.7 Å². The smallest absolute Gasteiger partial charge is 0.354 e. The van der Waals surface area contributed by atoms with Crippen LogP contribution in [0.1, 0.15) is 29.8 Å². The molecule has 1 aromatic heterocycles. The zero-order chi connectivity index (χ0) is 17.7. The van der Waals surface area contributed by atoms with Crippen molar-refractivity contribution in [1.82, 2.24) is 9.97 Å². The van der Waals surface area contributed by atoms with Crippen LogP contribution in [0.2, 0.25) is 0 Å². The Hall–Kier alpha value is -2.64. The quantitative estimate of drug-likeness (QED) is 0.870. The Morgan fingerprint density at radius 1 is 1.21 bits per heavy atom. The normalized spacial score (nSPS) is 11.4. The van der Waals surface area contributed by atoms with Crippen molar-refractivity contribution in [1.29, 1.82) is 0 Å². The van der Waals surface area contributed by atoms with Gasteiger partial charge in [0.25, 0.3) is 5.91 Å². The largest absolute Gasteiger partial charge is 0.416 e. The van der Waals surface area contributed by atoms with Crippen LogP contribution in [0.4, 0.5) is 24.8 Å². The molecule has 1 amide bonds. The van der Waals surface area contributed by atoms with Crippen molar-refractivity contribution in [3.8, 4) is 0 Å². The third-order valence-corrected chi connectivity index (χ3v) is 3.03. The highest BCUT2D eigenvalue weighted by Gasteiger charge is 2.30. The number of rotatable bonds is 5. The topological polar surface area (TPSA) is 66.9 Å². The predicted molar refractivity (Wildman–Crippen MR) is 84.8 cm³/mol. The van der Waals surface area contributed by atoms with Crippen LogP contribution in [-0.2, 0) is 6.18 Å². The molecule has 0 bridgehead atoms. The van der Waals surface area contributed by atoms with Gasteiger partial charge < -0.3 is 10.6 Å². The number of hydrogen-bond donors (Lipinski definition) is 2. The first-order chi connectivity index (χ1) is 11.3. The summed E-state index contributed by atoms with van der Waals surface area (Å²) < 4.78 is 38.0. The summed E-state index contributed by atoms with van der Waals surface area (Å²) in [6, 6.07) is 4.42. The summed E-state index contributed by atoms with van der Waals surface area (Å²) in [6.45, 7) is 4.75. The molecule has 1 aromatic carbocycles. The van der Waals surface area contributed by atoms with Gasteiger partial charge in [-0.2, -0.15) is 13.2 Å². The number of carbonyl (C=O) groups is 1. The van der Waals surface area contributed by atoms with Gasteiger partial charge in [-0.25, -0.2) is 9.97 Å². The Kier molecular flexibility index (Phi) is 5.38. The van der Waals surface area contributed by atoms with E-state index >= 15 is 0 Å². The molecule has 2 N–H and O–H groups in total. The molecule has 5 nitrogen and oxygen atoms in total. The number of amides is 1. The molecule has 128 valence electrons. The number of hydrogen-bond acceptors (Lipinski definition) is 4. The number of carbonyl (C=O) groups excluding carboxylic acids is 1. The molecule has 0 saturated heterocycles. The minimum atomic E-state index is -4.46. The van der Waals surface area contributed by atoms with Crippen LogP contribution in [0, 0.1) is 5.92 Å². The molecule has 0 saturated carbocycles. The molecule has 0 spiro atoms. The summed E-state index contributed by atoms with van der Waals surface area (Å²) in [5.41, 5.74) is -0.621. The second-order valence-electron chi connectivity index (χ2n) is 5.60. The maximum absolute atomic E-state index is 12.7.